The molecule has 0 aliphatic rings. The summed E-state index contributed by atoms with van der Waals surface area (Å²) in [6, 6.07) is 7.53. The van der Waals surface area contributed by atoms with E-state index in [9.17, 15) is 9.18 Å². The Morgan fingerprint density at radius 1 is 1.24 bits per heavy atom. The summed E-state index contributed by atoms with van der Waals surface area (Å²) in [6.07, 6.45) is 3.22. The van der Waals surface area contributed by atoms with Gasteiger partial charge in [0, 0.05) is 12.4 Å². The number of nitrogens with zero attached hydrogens (tertiary/aromatic N) is 1. The van der Waals surface area contributed by atoms with Gasteiger partial charge in [0.25, 0.3) is 0 Å². The second kappa shape index (κ2) is 4.74. The number of ether oxygens (including phenoxy) is 1. The Morgan fingerprint density at radius 2 is 1.94 bits per heavy atom. The Morgan fingerprint density at radius 3 is 2.59 bits per heavy atom. The largest absolute Gasteiger partial charge is 0.465 e. The van der Waals surface area contributed by atoms with Gasteiger partial charge >= 0.3 is 5.97 Å². The lowest BCUT2D eigenvalue weighted by molar-refractivity contribution is 0.0601. The van der Waals surface area contributed by atoms with Gasteiger partial charge in [-0.1, -0.05) is 6.07 Å². The minimum Gasteiger partial charge on any atom is -0.465 e. The molecule has 4 heteroatoms. The molecule has 3 nitrogen and oxygen atoms in total. The molecule has 2 rings (SSSR count). The lowest BCUT2D eigenvalue weighted by atomic mass is 10.0. The van der Waals surface area contributed by atoms with E-state index in [1.807, 2.05) is 0 Å². The van der Waals surface area contributed by atoms with Gasteiger partial charge in [0.1, 0.15) is 5.82 Å². The van der Waals surface area contributed by atoms with Gasteiger partial charge in [0.15, 0.2) is 0 Å². The van der Waals surface area contributed by atoms with Crippen LogP contribution in [0.25, 0.3) is 11.1 Å². The first kappa shape index (κ1) is 11.3. The summed E-state index contributed by atoms with van der Waals surface area (Å²) in [6.45, 7) is 0. The highest BCUT2D eigenvalue weighted by atomic mass is 19.1. The molecular formula is C13H10FNO2. The number of rotatable bonds is 2. The lowest BCUT2D eigenvalue weighted by Gasteiger charge is -2.07. The van der Waals surface area contributed by atoms with Crippen LogP contribution in [-0.4, -0.2) is 18.1 Å². The van der Waals surface area contributed by atoms with Crippen LogP contribution in [0.15, 0.2) is 42.7 Å². The molecule has 0 unspecified atom stereocenters. The summed E-state index contributed by atoms with van der Waals surface area (Å²) in [5, 5.41) is 0. The van der Waals surface area contributed by atoms with Crippen LogP contribution >= 0.6 is 0 Å². The first-order valence-corrected chi connectivity index (χ1v) is 5.00. The monoisotopic (exact) mass is 231 g/mol. The quantitative estimate of drug-likeness (QED) is 0.746. The van der Waals surface area contributed by atoms with E-state index >= 15 is 0 Å². The normalized spacial score (nSPS) is 10.0. The summed E-state index contributed by atoms with van der Waals surface area (Å²) >= 11 is 0. The Bertz CT molecular complexity index is 540. The number of carbonyl (C=O) groups is 1. The van der Waals surface area contributed by atoms with Crippen molar-refractivity contribution in [1.82, 2.24) is 4.98 Å². The summed E-state index contributed by atoms with van der Waals surface area (Å²) in [5.41, 5.74) is 1.62. The molecule has 0 radical (unpaired) electrons. The van der Waals surface area contributed by atoms with E-state index in [1.54, 1.807) is 30.6 Å². The number of hydrogen-bond acceptors (Lipinski definition) is 3. The Hall–Kier alpha value is -2.23. The Kier molecular flexibility index (Phi) is 3.14. The van der Waals surface area contributed by atoms with Crippen molar-refractivity contribution < 1.29 is 13.9 Å². The zero-order chi connectivity index (χ0) is 12.3. The van der Waals surface area contributed by atoms with Gasteiger partial charge in [-0.15, -0.1) is 0 Å². The third kappa shape index (κ3) is 2.30. The number of halogens is 1. The number of pyridine rings is 1. The Labute approximate surface area is 97.9 Å². The van der Waals surface area contributed by atoms with Gasteiger partial charge in [-0.05, 0) is 35.4 Å². The van der Waals surface area contributed by atoms with Crippen molar-refractivity contribution in [1.29, 1.82) is 0 Å². The SMILES string of the molecule is COC(=O)c1cc(F)ccc1-c1ccncc1. The highest BCUT2D eigenvalue weighted by Crippen LogP contribution is 2.24. The molecule has 0 aliphatic heterocycles. The fourth-order valence-corrected chi connectivity index (χ4v) is 1.58. The molecular weight excluding hydrogens is 221 g/mol. The molecule has 0 aliphatic carbocycles. The van der Waals surface area contributed by atoms with E-state index in [4.69, 9.17) is 0 Å². The molecule has 0 N–H and O–H groups in total. The van der Waals surface area contributed by atoms with E-state index < -0.39 is 11.8 Å². The second-order valence-electron chi connectivity index (χ2n) is 3.42. The number of aromatic nitrogens is 1. The average Bonchev–Trinajstić information content (AvgIpc) is 2.38. The molecule has 0 spiro atoms. The molecule has 1 aromatic carbocycles. The van der Waals surface area contributed by atoms with E-state index in [2.05, 4.69) is 9.72 Å². The van der Waals surface area contributed by atoms with Gasteiger partial charge in [0.2, 0.25) is 0 Å². The fraction of sp³-hybridized carbons (Fsp3) is 0.0769. The topological polar surface area (TPSA) is 39.2 Å². The summed E-state index contributed by atoms with van der Waals surface area (Å²) in [5.74, 6) is -1.03. The van der Waals surface area contributed by atoms with Crippen LogP contribution in [0.5, 0.6) is 0 Å². The summed E-state index contributed by atoms with van der Waals surface area (Å²) < 4.78 is 17.8. The number of benzene rings is 1. The van der Waals surface area contributed by atoms with Crippen LogP contribution in [0.2, 0.25) is 0 Å². The molecule has 1 heterocycles. The van der Waals surface area contributed by atoms with Crippen molar-refractivity contribution in [3.63, 3.8) is 0 Å². The van der Waals surface area contributed by atoms with Gasteiger partial charge in [0.05, 0.1) is 12.7 Å². The molecule has 0 saturated heterocycles. The van der Waals surface area contributed by atoms with Crippen molar-refractivity contribution in [3.05, 3.63) is 54.1 Å². The third-order valence-corrected chi connectivity index (χ3v) is 2.38. The molecule has 17 heavy (non-hydrogen) atoms. The summed E-state index contributed by atoms with van der Waals surface area (Å²) in [4.78, 5) is 15.4. The van der Waals surface area contributed by atoms with Crippen molar-refractivity contribution in [2.75, 3.05) is 7.11 Å². The van der Waals surface area contributed by atoms with Crippen LogP contribution in [0, 0.1) is 5.82 Å². The van der Waals surface area contributed by atoms with Crippen molar-refractivity contribution in [3.8, 4) is 11.1 Å². The van der Waals surface area contributed by atoms with E-state index in [0.717, 1.165) is 5.56 Å². The molecule has 1 aromatic heterocycles. The van der Waals surface area contributed by atoms with E-state index in [0.29, 0.717) is 5.56 Å². The maximum absolute atomic E-state index is 13.1. The number of hydrogen-bond donors (Lipinski definition) is 0. The first-order chi connectivity index (χ1) is 8.22. The van der Waals surface area contributed by atoms with Crippen LogP contribution in [-0.2, 0) is 4.74 Å². The zero-order valence-electron chi connectivity index (χ0n) is 9.18. The van der Waals surface area contributed by atoms with Crippen molar-refractivity contribution in [2.45, 2.75) is 0 Å². The van der Waals surface area contributed by atoms with Gasteiger partial charge in [-0.2, -0.15) is 0 Å². The van der Waals surface area contributed by atoms with Crippen molar-refractivity contribution in [2.24, 2.45) is 0 Å². The van der Waals surface area contributed by atoms with Gasteiger partial charge in [-0.25, -0.2) is 9.18 Å². The van der Waals surface area contributed by atoms with Gasteiger partial charge in [-0.3, -0.25) is 4.98 Å². The summed E-state index contributed by atoms with van der Waals surface area (Å²) in [7, 11) is 1.27. The Balaban J connectivity index is 2.58. The molecule has 0 fully saturated rings. The number of carbonyl (C=O) groups excluding carboxylic acids is 1. The molecule has 2 aromatic rings. The smallest absolute Gasteiger partial charge is 0.338 e. The van der Waals surface area contributed by atoms with Crippen LogP contribution < -0.4 is 0 Å². The molecule has 0 atom stereocenters. The minimum atomic E-state index is -0.559. The van der Waals surface area contributed by atoms with Crippen LogP contribution in [0.4, 0.5) is 4.39 Å². The predicted molar refractivity (Wildman–Crippen MR) is 61.0 cm³/mol. The molecule has 0 amide bonds. The molecule has 0 saturated carbocycles. The van der Waals surface area contributed by atoms with Crippen LogP contribution in [0.1, 0.15) is 10.4 Å². The number of esters is 1. The van der Waals surface area contributed by atoms with E-state index in [1.165, 1.54) is 19.2 Å². The van der Waals surface area contributed by atoms with Gasteiger partial charge < -0.3 is 4.74 Å². The first-order valence-electron chi connectivity index (χ1n) is 5.00. The fourth-order valence-electron chi connectivity index (χ4n) is 1.58. The van der Waals surface area contributed by atoms with Crippen LogP contribution in [0.3, 0.4) is 0 Å². The maximum atomic E-state index is 13.1. The standard InChI is InChI=1S/C13H10FNO2/c1-17-13(16)12-8-10(14)2-3-11(12)9-4-6-15-7-5-9/h2-8H,1H3. The lowest BCUT2D eigenvalue weighted by Crippen LogP contribution is -2.04. The average molecular weight is 231 g/mol. The van der Waals surface area contributed by atoms with E-state index in [-0.39, 0.29) is 5.56 Å². The molecule has 0 bridgehead atoms. The maximum Gasteiger partial charge on any atom is 0.338 e. The van der Waals surface area contributed by atoms with Crippen molar-refractivity contribution >= 4 is 5.97 Å². The third-order valence-electron chi connectivity index (χ3n) is 2.38. The number of methoxy groups -OCH3 is 1. The second-order valence-corrected chi connectivity index (χ2v) is 3.42. The highest BCUT2D eigenvalue weighted by Gasteiger charge is 2.14. The zero-order valence-corrected chi connectivity index (χ0v) is 9.18. The predicted octanol–water partition coefficient (Wildman–Crippen LogP) is 2.67. The minimum absolute atomic E-state index is 0.207. The molecule has 86 valence electrons. The highest BCUT2D eigenvalue weighted by molar-refractivity contribution is 5.97.